The third-order valence-corrected chi connectivity index (χ3v) is 2.25. The average Bonchev–Trinajstić information content (AvgIpc) is 2.85. The lowest BCUT2D eigenvalue weighted by Crippen LogP contribution is -2.24. The molecule has 0 aromatic carbocycles. The largest absolute Gasteiger partial charge is 0.455 e. The molecular formula is C9H11N5O2S. The second kappa shape index (κ2) is 4.21. The van der Waals surface area contributed by atoms with E-state index in [-0.39, 0.29) is 5.69 Å². The molecule has 2 aromatic rings. The fraction of sp³-hybridized carbons (Fsp3) is 0.444. The summed E-state index contributed by atoms with van der Waals surface area (Å²) in [5.74, 6) is -0.533. The van der Waals surface area contributed by atoms with E-state index in [4.69, 9.17) is 4.74 Å². The van der Waals surface area contributed by atoms with Gasteiger partial charge in [0.1, 0.15) is 17.0 Å². The van der Waals surface area contributed by atoms with Crippen LogP contribution in [0.1, 0.15) is 31.3 Å². The number of esters is 1. The molecule has 0 radical (unpaired) electrons. The fourth-order valence-electron chi connectivity index (χ4n) is 1.15. The number of aromatic nitrogens is 5. The van der Waals surface area contributed by atoms with E-state index in [9.17, 15) is 4.79 Å². The van der Waals surface area contributed by atoms with Crippen LogP contribution >= 0.6 is 11.5 Å². The topological polar surface area (TPSA) is 93.7 Å². The Bertz CT molecular complexity index is 514. The summed E-state index contributed by atoms with van der Waals surface area (Å²) in [5.41, 5.74) is 0.401. The van der Waals surface area contributed by atoms with Gasteiger partial charge in [-0.2, -0.15) is 10.3 Å². The maximum absolute atomic E-state index is 11.8. The van der Waals surface area contributed by atoms with Crippen molar-refractivity contribution in [1.29, 1.82) is 0 Å². The molecule has 0 aliphatic rings. The predicted molar refractivity (Wildman–Crippen MR) is 60.5 cm³/mol. The highest BCUT2D eigenvalue weighted by molar-refractivity contribution is 7.03. The summed E-state index contributed by atoms with van der Waals surface area (Å²) >= 11 is 1.18. The second-order valence-electron chi connectivity index (χ2n) is 4.31. The molecule has 7 nitrogen and oxygen atoms in total. The molecule has 17 heavy (non-hydrogen) atoms. The van der Waals surface area contributed by atoms with Gasteiger partial charge in [-0.25, -0.2) is 4.79 Å². The van der Waals surface area contributed by atoms with E-state index >= 15 is 0 Å². The molecule has 0 amide bonds. The van der Waals surface area contributed by atoms with Gasteiger partial charge in [0.2, 0.25) is 0 Å². The molecule has 0 saturated carbocycles. The minimum Gasteiger partial charge on any atom is -0.455 e. The Morgan fingerprint density at radius 1 is 1.41 bits per heavy atom. The van der Waals surface area contributed by atoms with Crippen LogP contribution in [0.2, 0.25) is 0 Å². The van der Waals surface area contributed by atoms with Crippen molar-refractivity contribution in [3.8, 4) is 11.4 Å². The minimum atomic E-state index is -0.576. The zero-order valence-electron chi connectivity index (χ0n) is 9.59. The number of H-pyrrole nitrogens is 1. The molecule has 2 aromatic heterocycles. The van der Waals surface area contributed by atoms with Crippen molar-refractivity contribution < 1.29 is 9.53 Å². The van der Waals surface area contributed by atoms with Crippen molar-refractivity contribution in [2.24, 2.45) is 0 Å². The first-order valence-electron chi connectivity index (χ1n) is 4.89. The van der Waals surface area contributed by atoms with Crippen LogP contribution in [0.4, 0.5) is 0 Å². The van der Waals surface area contributed by atoms with Gasteiger partial charge < -0.3 is 4.74 Å². The van der Waals surface area contributed by atoms with Crippen LogP contribution in [0.25, 0.3) is 11.4 Å². The molecule has 0 spiro atoms. The summed E-state index contributed by atoms with van der Waals surface area (Å²) < 4.78 is 8.93. The Balaban J connectivity index is 2.29. The number of nitrogens with one attached hydrogen (secondary N) is 1. The Kier molecular flexibility index (Phi) is 2.88. The molecular weight excluding hydrogens is 242 g/mol. The van der Waals surface area contributed by atoms with Crippen LogP contribution < -0.4 is 0 Å². The van der Waals surface area contributed by atoms with E-state index in [1.54, 1.807) is 26.2 Å². The third kappa shape index (κ3) is 2.64. The fourth-order valence-corrected chi connectivity index (χ4v) is 1.59. The number of carbonyl (C=O) groups is 1. The molecule has 8 heteroatoms. The molecule has 0 saturated heterocycles. The zero-order chi connectivity index (χ0) is 12.5. The van der Waals surface area contributed by atoms with Gasteiger partial charge in [-0.1, -0.05) is 4.49 Å². The molecule has 0 fully saturated rings. The molecule has 0 unspecified atom stereocenters. The molecule has 0 atom stereocenters. The van der Waals surface area contributed by atoms with Crippen LogP contribution in [-0.2, 0) is 4.74 Å². The first kappa shape index (κ1) is 11.6. The van der Waals surface area contributed by atoms with Gasteiger partial charge in [-0.05, 0) is 32.3 Å². The predicted octanol–water partition coefficient (Wildman–Crippen LogP) is 1.28. The Morgan fingerprint density at radius 2 is 2.18 bits per heavy atom. The lowest BCUT2D eigenvalue weighted by Gasteiger charge is -2.18. The quantitative estimate of drug-likeness (QED) is 0.810. The summed E-state index contributed by atoms with van der Waals surface area (Å²) in [4.78, 5) is 11.8. The zero-order valence-corrected chi connectivity index (χ0v) is 10.4. The van der Waals surface area contributed by atoms with E-state index in [1.807, 2.05) is 0 Å². The smallest absolute Gasteiger partial charge is 0.361 e. The van der Waals surface area contributed by atoms with Gasteiger partial charge in [-0.15, -0.1) is 10.2 Å². The van der Waals surface area contributed by atoms with Crippen LogP contribution in [0.15, 0.2) is 5.38 Å². The third-order valence-electron chi connectivity index (χ3n) is 1.74. The number of rotatable bonds is 2. The number of nitrogens with zero attached hydrogens (tertiary/aromatic N) is 4. The normalized spacial score (nSPS) is 11.5. The van der Waals surface area contributed by atoms with Crippen LogP contribution in [0, 0.1) is 0 Å². The van der Waals surface area contributed by atoms with Gasteiger partial charge in [0.15, 0.2) is 5.69 Å². The SMILES string of the molecule is CC(C)(C)OC(=O)c1n[nH]nc1-c1csnn1. The number of hydrogen-bond donors (Lipinski definition) is 1. The van der Waals surface area contributed by atoms with Crippen molar-refractivity contribution in [2.45, 2.75) is 26.4 Å². The Morgan fingerprint density at radius 3 is 2.76 bits per heavy atom. The second-order valence-corrected chi connectivity index (χ2v) is 4.92. The van der Waals surface area contributed by atoms with E-state index < -0.39 is 11.6 Å². The van der Waals surface area contributed by atoms with Crippen LogP contribution in [-0.4, -0.2) is 36.6 Å². The summed E-state index contributed by atoms with van der Waals surface area (Å²) in [5, 5.41) is 15.6. The molecule has 2 heterocycles. The number of hydrogen-bond acceptors (Lipinski definition) is 7. The minimum absolute atomic E-state index is 0.118. The number of aromatic amines is 1. The highest BCUT2D eigenvalue weighted by atomic mass is 32.1. The molecule has 0 bridgehead atoms. The standard InChI is InChI=1S/C9H11N5O2S/c1-9(2,3)16-8(15)7-6(11-13-12-7)5-4-17-14-10-5/h4H,1-3H3,(H,11,12,13). The molecule has 90 valence electrons. The molecule has 0 aliphatic heterocycles. The molecule has 0 aliphatic carbocycles. The monoisotopic (exact) mass is 253 g/mol. The van der Waals surface area contributed by atoms with E-state index in [0.29, 0.717) is 11.4 Å². The molecule has 2 rings (SSSR count). The Labute approximate surface area is 101 Å². The van der Waals surface area contributed by atoms with Gasteiger partial charge >= 0.3 is 5.97 Å². The summed E-state index contributed by atoms with van der Waals surface area (Å²) in [7, 11) is 0. The lowest BCUT2D eigenvalue weighted by atomic mass is 10.2. The maximum Gasteiger partial charge on any atom is 0.361 e. The summed E-state index contributed by atoms with van der Waals surface area (Å²) in [6, 6.07) is 0. The van der Waals surface area contributed by atoms with Crippen molar-refractivity contribution >= 4 is 17.5 Å². The summed E-state index contributed by atoms with van der Waals surface area (Å²) in [6.45, 7) is 5.36. The maximum atomic E-state index is 11.8. The van der Waals surface area contributed by atoms with Gasteiger partial charge in [0.05, 0.1) is 0 Å². The van der Waals surface area contributed by atoms with E-state index in [0.717, 1.165) is 0 Å². The first-order chi connectivity index (χ1) is 7.97. The highest BCUT2D eigenvalue weighted by Crippen LogP contribution is 2.20. The van der Waals surface area contributed by atoms with Crippen molar-refractivity contribution in [3.63, 3.8) is 0 Å². The van der Waals surface area contributed by atoms with Gasteiger partial charge in [0, 0.05) is 5.38 Å². The van der Waals surface area contributed by atoms with Gasteiger partial charge in [-0.3, -0.25) is 0 Å². The number of carbonyl (C=O) groups excluding carboxylic acids is 1. The van der Waals surface area contributed by atoms with Crippen molar-refractivity contribution in [3.05, 3.63) is 11.1 Å². The summed E-state index contributed by atoms with van der Waals surface area (Å²) in [6.07, 6.45) is 0. The average molecular weight is 253 g/mol. The van der Waals surface area contributed by atoms with E-state index in [2.05, 4.69) is 25.0 Å². The highest BCUT2D eigenvalue weighted by Gasteiger charge is 2.25. The van der Waals surface area contributed by atoms with E-state index in [1.165, 1.54) is 11.5 Å². The lowest BCUT2D eigenvalue weighted by molar-refractivity contribution is 0.00637. The number of ether oxygens (including phenoxy) is 1. The van der Waals surface area contributed by atoms with Crippen molar-refractivity contribution in [1.82, 2.24) is 25.0 Å². The van der Waals surface area contributed by atoms with Crippen molar-refractivity contribution in [2.75, 3.05) is 0 Å². The van der Waals surface area contributed by atoms with Gasteiger partial charge in [0.25, 0.3) is 0 Å². The van der Waals surface area contributed by atoms with Crippen LogP contribution in [0.3, 0.4) is 0 Å². The van der Waals surface area contributed by atoms with Crippen LogP contribution in [0.5, 0.6) is 0 Å². The molecule has 1 N–H and O–H groups in total. The Hall–Kier alpha value is -1.83. The first-order valence-corrected chi connectivity index (χ1v) is 5.72.